The van der Waals surface area contributed by atoms with E-state index in [4.69, 9.17) is 24.4 Å². The number of rotatable bonds is 4. The molecule has 4 heteroatoms. The van der Waals surface area contributed by atoms with Gasteiger partial charge in [0.05, 0.1) is 8.39 Å². The van der Waals surface area contributed by atoms with Gasteiger partial charge in [0.2, 0.25) is 0 Å². The zero-order valence-corrected chi connectivity index (χ0v) is 12.6. The molecule has 0 bridgehead atoms. The smallest absolute Gasteiger partial charge is 0.0519 e. The van der Waals surface area contributed by atoms with Crippen molar-refractivity contribution in [3.05, 3.63) is 35.4 Å². The molecule has 0 heterocycles. The molecule has 0 radical (unpaired) electrons. The van der Waals surface area contributed by atoms with E-state index in [-0.39, 0.29) is 0 Å². The van der Waals surface area contributed by atoms with E-state index >= 15 is 0 Å². The summed E-state index contributed by atoms with van der Waals surface area (Å²) >= 11 is 13.7. The van der Waals surface area contributed by atoms with Crippen LogP contribution in [0, 0.1) is 0 Å². The second kappa shape index (κ2) is 7.43. The molecule has 0 aliphatic carbocycles. The van der Waals surface area contributed by atoms with Crippen LogP contribution in [0.15, 0.2) is 24.3 Å². The van der Waals surface area contributed by atoms with Crippen LogP contribution in [0.5, 0.6) is 0 Å². The number of benzene rings is 1. The number of thioether (sulfide) groups is 2. The van der Waals surface area contributed by atoms with Crippen LogP contribution in [0.1, 0.15) is 11.1 Å². The molecule has 0 spiro atoms. The Bertz CT molecular complexity index is 330. The van der Waals surface area contributed by atoms with Crippen molar-refractivity contribution in [2.24, 2.45) is 0 Å². The lowest BCUT2D eigenvalue weighted by Gasteiger charge is -2.04. The highest BCUT2D eigenvalue weighted by Crippen LogP contribution is 2.12. The van der Waals surface area contributed by atoms with E-state index in [9.17, 15) is 0 Å². The van der Waals surface area contributed by atoms with Gasteiger partial charge >= 0.3 is 0 Å². The molecule has 0 nitrogen and oxygen atoms in total. The van der Waals surface area contributed by atoms with Crippen LogP contribution in [0.4, 0.5) is 0 Å². The first-order valence-electron chi connectivity index (χ1n) is 4.87. The highest BCUT2D eigenvalue weighted by atomic mass is 32.2. The third kappa shape index (κ3) is 4.95. The lowest BCUT2D eigenvalue weighted by Crippen LogP contribution is -1.97. The fourth-order valence-electron chi connectivity index (χ4n) is 1.25. The van der Waals surface area contributed by atoms with Crippen molar-refractivity contribution in [2.45, 2.75) is 12.8 Å². The van der Waals surface area contributed by atoms with Gasteiger partial charge in [0, 0.05) is 12.8 Å². The highest BCUT2D eigenvalue weighted by Gasteiger charge is 2.00. The average molecular weight is 287 g/mol. The molecule has 1 rings (SSSR count). The second-order valence-electron chi connectivity index (χ2n) is 3.32. The van der Waals surface area contributed by atoms with Crippen LogP contribution in [0.2, 0.25) is 0 Å². The highest BCUT2D eigenvalue weighted by molar-refractivity contribution is 8.23. The monoisotopic (exact) mass is 286 g/mol. The molecule has 0 amide bonds. The summed E-state index contributed by atoms with van der Waals surface area (Å²) < 4.78 is 2.07. The summed E-state index contributed by atoms with van der Waals surface area (Å²) in [5.41, 5.74) is 2.55. The van der Waals surface area contributed by atoms with Crippen molar-refractivity contribution in [1.29, 1.82) is 0 Å². The number of hydrogen-bond acceptors (Lipinski definition) is 4. The molecule has 0 aliphatic heterocycles. The van der Waals surface area contributed by atoms with Gasteiger partial charge in [-0.2, -0.15) is 0 Å². The fraction of sp³-hybridized carbons (Fsp3) is 0.333. The van der Waals surface area contributed by atoms with Gasteiger partial charge < -0.3 is 0 Å². The number of hydrogen-bond donors (Lipinski definition) is 0. The summed E-state index contributed by atoms with van der Waals surface area (Å²) in [5, 5.41) is 0. The summed E-state index contributed by atoms with van der Waals surface area (Å²) in [5.74, 6) is 0. The molecule has 86 valence electrons. The second-order valence-corrected chi connectivity index (χ2v) is 6.63. The molecule has 1 aromatic rings. The van der Waals surface area contributed by atoms with Crippen molar-refractivity contribution in [1.82, 2.24) is 0 Å². The summed E-state index contributed by atoms with van der Waals surface area (Å²) in [6.45, 7) is 0. The SMILES string of the molecule is CSC(=S)Cc1ccc(CC(=S)SC)cc1. The number of thiocarbonyl (C=S) groups is 2. The Morgan fingerprint density at radius 1 is 0.875 bits per heavy atom. The van der Waals surface area contributed by atoms with E-state index < -0.39 is 0 Å². The van der Waals surface area contributed by atoms with Crippen molar-refractivity contribution < 1.29 is 0 Å². The van der Waals surface area contributed by atoms with Crippen LogP contribution < -0.4 is 0 Å². The zero-order chi connectivity index (χ0) is 12.0. The molecular formula is C12H14S4. The molecular weight excluding hydrogens is 272 g/mol. The van der Waals surface area contributed by atoms with Crippen molar-refractivity contribution in [2.75, 3.05) is 12.5 Å². The average Bonchev–Trinajstić information content (AvgIpc) is 2.31. The lowest BCUT2D eigenvalue weighted by molar-refractivity contribution is 1.31. The lowest BCUT2D eigenvalue weighted by atomic mass is 10.1. The van der Waals surface area contributed by atoms with Crippen LogP contribution in [0.3, 0.4) is 0 Å². The van der Waals surface area contributed by atoms with Gasteiger partial charge in [0.15, 0.2) is 0 Å². The van der Waals surface area contributed by atoms with Gasteiger partial charge in [-0.05, 0) is 23.6 Å². The third-order valence-electron chi connectivity index (χ3n) is 2.18. The molecule has 0 aromatic heterocycles. The molecule has 0 atom stereocenters. The minimum absolute atomic E-state index is 0.879. The Morgan fingerprint density at radius 3 is 1.44 bits per heavy atom. The molecule has 1 aromatic carbocycles. The van der Waals surface area contributed by atoms with Gasteiger partial charge in [-0.3, -0.25) is 0 Å². The van der Waals surface area contributed by atoms with Crippen LogP contribution in [0.25, 0.3) is 0 Å². The standard InChI is InChI=1S/C12H14S4/c1-15-11(13)7-9-3-5-10(6-4-9)8-12(14)16-2/h3-6H,7-8H2,1-2H3. The first kappa shape index (κ1) is 14.2. The van der Waals surface area contributed by atoms with Gasteiger partial charge in [0.1, 0.15) is 0 Å². The normalized spacial score (nSPS) is 10.1. The van der Waals surface area contributed by atoms with Crippen molar-refractivity contribution in [3.8, 4) is 0 Å². The summed E-state index contributed by atoms with van der Waals surface area (Å²) in [4.78, 5) is 0. The maximum absolute atomic E-state index is 5.20. The molecule has 0 saturated heterocycles. The maximum Gasteiger partial charge on any atom is 0.0519 e. The van der Waals surface area contributed by atoms with Crippen LogP contribution >= 0.6 is 48.0 Å². The Balaban J connectivity index is 2.60. The zero-order valence-electron chi connectivity index (χ0n) is 9.36. The van der Waals surface area contributed by atoms with Crippen molar-refractivity contribution >= 4 is 56.4 Å². The minimum Gasteiger partial charge on any atom is -0.122 e. The van der Waals surface area contributed by atoms with E-state index in [2.05, 4.69) is 24.3 Å². The summed E-state index contributed by atoms with van der Waals surface area (Å²) in [6.07, 6.45) is 5.80. The maximum atomic E-state index is 5.20. The van der Waals surface area contributed by atoms with Crippen LogP contribution in [-0.4, -0.2) is 20.9 Å². The Morgan fingerprint density at radius 2 is 1.19 bits per heavy atom. The predicted octanol–water partition coefficient (Wildman–Crippen LogP) is 4.15. The van der Waals surface area contributed by atoms with Gasteiger partial charge in [-0.25, -0.2) is 0 Å². The predicted molar refractivity (Wildman–Crippen MR) is 86.1 cm³/mol. The molecule has 0 aliphatic rings. The first-order valence-corrected chi connectivity index (χ1v) is 8.13. The molecule has 16 heavy (non-hydrogen) atoms. The first-order chi connectivity index (χ1) is 7.65. The Hall–Kier alpha value is 0.1000. The molecule has 0 unspecified atom stereocenters. The Labute approximate surface area is 117 Å². The summed E-state index contributed by atoms with van der Waals surface area (Å²) in [6, 6.07) is 8.56. The minimum atomic E-state index is 0.879. The molecule has 0 saturated carbocycles. The molecule has 0 fully saturated rings. The van der Waals surface area contributed by atoms with E-state index in [0.29, 0.717) is 0 Å². The van der Waals surface area contributed by atoms with Crippen LogP contribution in [-0.2, 0) is 12.8 Å². The largest absolute Gasteiger partial charge is 0.122 e. The van der Waals surface area contributed by atoms with Gasteiger partial charge in [-0.15, -0.1) is 23.5 Å². The quantitative estimate of drug-likeness (QED) is 0.762. The van der Waals surface area contributed by atoms with E-state index in [0.717, 1.165) is 21.2 Å². The van der Waals surface area contributed by atoms with Crippen molar-refractivity contribution in [3.63, 3.8) is 0 Å². The topological polar surface area (TPSA) is 0 Å². The third-order valence-corrected chi connectivity index (χ3v) is 4.66. The van der Waals surface area contributed by atoms with Gasteiger partial charge in [-0.1, -0.05) is 48.7 Å². The van der Waals surface area contributed by atoms with E-state index in [1.165, 1.54) is 11.1 Å². The molecule has 0 N–H and O–H groups in total. The summed E-state index contributed by atoms with van der Waals surface area (Å²) in [7, 11) is 0. The van der Waals surface area contributed by atoms with E-state index in [1.54, 1.807) is 23.5 Å². The van der Waals surface area contributed by atoms with Gasteiger partial charge in [0.25, 0.3) is 0 Å². The fourth-order valence-corrected chi connectivity index (χ4v) is 2.21. The Kier molecular flexibility index (Phi) is 6.58. The van der Waals surface area contributed by atoms with E-state index in [1.807, 2.05) is 12.5 Å².